The van der Waals surface area contributed by atoms with Crippen LogP contribution in [0.5, 0.6) is 0 Å². The van der Waals surface area contributed by atoms with E-state index in [1.807, 2.05) is 6.07 Å². The molecule has 0 unspecified atom stereocenters. The van der Waals surface area contributed by atoms with Crippen molar-refractivity contribution in [3.05, 3.63) is 101 Å². The predicted octanol–water partition coefficient (Wildman–Crippen LogP) is 6.42. The molecule has 0 atom stereocenters. The van der Waals surface area contributed by atoms with Crippen molar-refractivity contribution in [2.24, 2.45) is 0 Å². The smallest absolute Gasteiger partial charge is 0.410 e. The number of nitrogens with zero attached hydrogens (tertiary/aromatic N) is 4. The summed E-state index contributed by atoms with van der Waals surface area (Å²) < 4.78 is 32.0. The van der Waals surface area contributed by atoms with Gasteiger partial charge in [0.25, 0.3) is 11.8 Å². The number of hydrogen-bond donors (Lipinski definition) is 3. The van der Waals surface area contributed by atoms with Crippen molar-refractivity contribution < 1.29 is 27.5 Å². The number of amides is 3. The van der Waals surface area contributed by atoms with Crippen LogP contribution >= 0.6 is 11.6 Å². The monoisotopic (exact) mass is 715 g/mol. The van der Waals surface area contributed by atoms with E-state index >= 15 is 0 Å². The molecule has 4 aromatic rings. The summed E-state index contributed by atoms with van der Waals surface area (Å²) in [6, 6.07) is 18.8. The zero-order valence-corrected chi connectivity index (χ0v) is 29.0. The van der Waals surface area contributed by atoms with Gasteiger partial charge in [-0.3, -0.25) is 9.59 Å². The molecule has 13 nitrogen and oxygen atoms in total. The quantitative estimate of drug-likeness (QED) is 0.184. The van der Waals surface area contributed by atoms with Crippen LogP contribution in [-0.4, -0.2) is 65.1 Å². The number of anilines is 4. The molecular formula is C35H34ClN7O6S. The Morgan fingerprint density at radius 3 is 2.08 bits per heavy atom. The highest BCUT2D eigenvalue weighted by atomic mass is 35.5. The van der Waals surface area contributed by atoms with Crippen molar-refractivity contribution >= 4 is 62.4 Å². The van der Waals surface area contributed by atoms with Crippen LogP contribution in [0.4, 0.5) is 27.8 Å². The molecule has 0 aliphatic carbocycles. The second-order valence-electron chi connectivity index (χ2n) is 12.4. The van der Waals surface area contributed by atoms with E-state index in [0.717, 1.165) is 0 Å². The Morgan fingerprint density at radius 2 is 1.48 bits per heavy atom. The predicted molar refractivity (Wildman–Crippen MR) is 188 cm³/mol. The molecule has 2 heterocycles. The number of aromatic nitrogens is 2. The summed E-state index contributed by atoms with van der Waals surface area (Å²) in [5.41, 5.74) is 1.41. The molecule has 0 radical (unpaired) electrons. The number of likely N-dealkylation sites (tertiary alicyclic amines) is 1. The fraction of sp³-hybridized carbons (Fsp3) is 0.257. The van der Waals surface area contributed by atoms with Crippen molar-refractivity contribution in [3.63, 3.8) is 0 Å². The highest BCUT2D eigenvalue weighted by molar-refractivity contribution is 7.92. The van der Waals surface area contributed by atoms with E-state index in [2.05, 4.69) is 25.9 Å². The second kappa shape index (κ2) is 14.9. The molecule has 5 rings (SSSR count). The van der Waals surface area contributed by atoms with E-state index in [0.29, 0.717) is 48.4 Å². The zero-order chi connectivity index (χ0) is 36.1. The average Bonchev–Trinajstić information content (AvgIpc) is 3.09. The van der Waals surface area contributed by atoms with Crippen LogP contribution in [0.2, 0.25) is 5.02 Å². The Balaban J connectivity index is 1.15. The Labute approximate surface area is 294 Å². The number of nitriles is 1. The van der Waals surface area contributed by atoms with Gasteiger partial charge in [0.15, 0.2) is 9.84 Å². The number of carbonyl (C=O) groups excluding carboxylic acids is 3. The number of nitrogens with one attached hydrogen (secondary N) is 3. The SMILES string of the molecule is CC(C)(C)OC(=O)N1CCC(S(=O)(=O)c2ccc(Nc3ncc(NC(=O)c4cc(NC(=O)c5ccc(C#N)cc5)ccc4Cl)cn3)cc2)CC1. The van der Waals surface area contributed by atoms with Gasteiger partial charge in [-0.1, -0.05) is 11.6 Å². The fourth-order valence-electron chi connectivity index (χ4n) is 5.06. The number of benzene rings is 3. The van der Waals surface area contributed by atoms with E-state index in [4.69, 9.17) is 21.6 Å². The van der Waals surface area contributed by atoms with Crippen molar-refractivity contribution in [3.8, 4) is 6.07 Å². The molecule has 50 heavy (non-hydrogen) atoms. The molecule has 1 aromatic heterocycles. The van der Waals surface area contributed by atoms with Gasteiger partial charge >= 0.3 is 6.09 Å². The third kappa shape index (κ3) is 8.93. The minimum atomic E-state index is -3.62. The number of carbonyl (C=O) groups is 3. The summed E-state index contributed by atoms with van der Waals surface area (Å²) in [6.07, 6.45) is 2.96. The summed E-state index contributed by atoms with van der Waals surface area (Å²) >= 11 is 6.28. The zero-order valence-electron chi connectivity index (χ0n) is 27.4. The summed E-state index contributed by atoms with van der Waals surface area (Å²) in [5.74, 6) is -0.770. The van der Waals surface area contributed by atoms with Crippen molar-refractivity contribution in [2.75, 3.05) is 29.0 Å². The minimum absolute atomic E-state index is 0.107. The molecule has 3 aromatic carbocycles. The second-order valence-corrected chi connectivity index (χ2v) is 15.1. The van der Waals surface area contributed by atoms with Gasteiger partial charge in [0.05, 0.1) is 50.4 Å². The van der Waals surface area contributed by atoms with Gasteiger partial charge in [-0.15, -0.1) is 0 Å². The largest absolute Gasteiger partial charge is 0.444 e. The van der Waals surface area contributed by atoms with E-state index < -0.39 is 38.6 Å². The maximum Gasteiger partial charge on any atom is 0.410 e. The summed E-state index contributed by atoms with van der Waals surface area (Å²) in [4.78, 5) is 48.2. The van der Waals surface area contributed by atoms with E-state index in [9.17, 15) is 22.8 Å². The van der Waals surface area contributed by atoms with Gasteiger partial charge in [-0.25, -0.2) is 23.2 Å². The molecule has 1 aliphatic heterocycles. The number of rotatable bonds is 8. The van der Waals surface area contributed by atoms with Crippen LogP contribution in [0.25, 0.3) is 0 Å². The van der Waals surface area contributed by atoms with Crippen molar-refractivity contribution in [2.45, 2.75) is 49.4 Å². The molecule has 1 fully saturated rings. The molecule has 258 valence electrons. The Kier molecular flexibility index (Phi) is 10.7. The number of halogens is 1. The lowest BCUT2D eigenvalue weighted by atomic mass is 10.1. The lowest BCUT2D eigenvalue weighted by Gasteiger charge is -2.33. The molecule has 15 heteroatoms. The number of sulfone groups is 1. The number of piperidine rings is 1. The Hall–Kier alpha value is -5.52. The first kappa shape index (κ1) is 35.8. The standard InChI is InChI=1S/C35H34ClN7O6S/c1-35(2,3)49-34(46)43-16-14-28(15-17-43)50(47,48)27-11-8-24(9-12-27)42-33-38-20-26(21-39-33)41-32(45)29-18-25(10-13-30(29)36)40-31(44)23-6-4-22(19-37)5-7-23/h4-13,18,20-21,28H,14-17H2,1-3H3,(H,40,44)(H,41,45)(H,38,39,42). The number of hydrogen-bond acceptors (Lipinski definition) is 10. The summed E-state index contributed by atoms with van der Waals surface area (Å²) in [5, 5.41) is 16.9. The normalized spacial score (nSPS) is 13.5. The Bertz CT molecular complexity index is 2040. The van der Waals surface area contributed by atoms with Crippen LogP contribution in [0.15, 0.2) is 84.0 Å². The van der Waals surface area contributed by atoms with E-state index in [1.165, 1.54) is 65.8 Å². The molecule has 0 spiro atoms. The van der Waals surface area contributed by atoms with Crippen LogP contribution in [-0.2, 0) is 14.6 Å². The highest BCUT2D eigenvalue weighted by Gasteiger charge is 2.34. The fourth-order valence-corrected chi connectivity index (χ4v) is 6.99. The van der Waals surface area contributed by atoms with Crippen molar-refractivity contribution in [1.82, 2.24) is 14.9 Å². The molecule has 3 amide bonds. The van der Waals surface area contributed by atoms with E-state index in [1.54, 1.807) is 39.0 Å². The lowest BCUT2D eigenvalue weighted by Crippen LogP contribution is -2.44. The van der Waals surface area contributed by atoms with Crippen LogP contribution in [0.3, 0.4) is 0 Å². The summed E-state index contributed by atoms with van der Waals surface area (Å²) in [6.45, 7) is 5.95. The molecule has 1 saturated heterocycles. The van der Waals surface area contributed by atoms with Gasteiger partial charge in [0.2, 0.25) is 5.95 Å². The van der Waals surface area contributed by atoms with Gasteiger partial charge < -0.3 is 25.6 Å². The van der Waals surface area contributed by atoms with Gasteiger partial charge in [-0.2, -0.15) is 5.26 Å². The summed E-state index contributed by atoms with van der Waals surface area (Å²) in [7, 11) is -3.62. The maximum atomic E-state index is 13.3. The van der Waals surface area contributed by atoms with E-state index in [-0.39, 0.29) is 27.1 Å². The number of ether oxygens (including phenoxy) is 1. The maximum absolute atomic E-state index is 13.3. The van der Waals surface area contributed by atoms with Crippen LogP contribution < -0.4 is 16.0 Å². The highest BCUT2D eigenvalue weighted by Crippen LogP contribution is 2.27. The minimum Gasteiger partial charge on any atom is -0.444 e. The molecule has 0 bridgehead atoms. The van der Waals surface area contributed by atoms with Gasteiger partial charge in [-0.05, 0) is 100 Å². The third-order valence-electron chi connectivity index (χ3n) is 7.63. The van der Waals surface area contributed by atoms with Crippen LogP contribution in [0.1, 0.15) is 59.9 Å². The van der Waals surface area contributed by atoms with Gasteiger partial charge in [0.1, 0.15) is 5.60 Å². The van der Waals surface area contributed by atoms with Crippen LogP contribution in [0, 0.1) is 11.3 Å². The van der Waals surface area contributed by atoms with Gasteiger partial charge in [0, 0.05) is 30.0 Å². The Morgan fingerprint density at radius 1 is 0.880 bits per heavy atom. The average molecular weight is 716 g/mol. The molecular weight excluding hydrogens is 682 g/mol. The molecule has 1 aliphatic rings. The molecule has 3 N–H and O–H groups in total. The molecule has 0 saturated carbocycles. The topological polar surface area (TPSA) is 183 Å². The van der Waals surface area contributed by atoms with Crippen molar-refractivity contribution in [1.29, 1.82) is 5.26 Å². The third-order valence-corrected chi connectivity index (χ3v) is 10.2. The lowest BCUT2D eigenvalue weighted by molar-refractivity contribution is 0.0217. The first-order valence-electron chi connectivity index (χ1n) is 15.6. The first-order chi connectivity index (χ1) is 23.7. The first-order valence-corrected chi connectivity index (χ1v) is 17.5.